The zero-order valence-electron chi connectivity index (χ0n) is 20.0. The van der Waals surface area contributed by atoms with E-state index in [2.05, 4.69) is 19.1 Å². The molecule has 0 amide bonds. The van der Waals surface area contributed by atoms with E-state index < -0.39 is 17.7 Å². The number of cyclic esters (lactones) is 1. The Labute approximate surface area is 191 Å². The Kier molecular flexibility index (Phi) is 9.79. The Balaban J connectivity index is 1.77. The zero-order chi connectivity index (χ0) is 23.7. The number of carbonyl (C=O) groups excluding carboxylic acids is 1. The van der Waals surface area contributed by atoms with Crippen LogP contribution in [0.3, 0.4) is 0 Å². The van der Waals surface area contributed by atoms with Crippen molar-refractivity contribution in [2.24, 2.45) is 5.92 Å². The molecular formula is C26H38O6. The standard InChI is InChI=1S/C26H38O6/c1-18(8-6-9-19(2)16-22-24(27)20(3)25(28)32-22)11-12-23(30-5)26(4,29)14-7-10-21-13-15-31-17-21/h9,11-13,15,17-18,22-23,27,29H,6-8,10,14,16H2,1-5H3/t18-,22-,23-,26-/m0/s1. The summed E-state index contributed by atoms with van der Waals surface area (Å²) in [4.78, 5) is 11.5. The number of esters is 1. The van der Waals surface area contributed by atoms with Crippen molar-refractivity contribution in [3.05, 3.63) is 59.3 Å². The van der Waals surface area contributed by atoms with Crippen LogP contribution in [0.2, 0.25) is 0 Å². The molecule has 0 bridgehead atoms. The van der Waals surface area contributed by atoms with Gasteiger partial charge in [-0.25, -0.2) is 4.79 Å². The normalized spacial score (nSPS) is 21.1. The molecule has 6 nitrogen and oxygen atoms in total. The molecule has 6 heteroatoms. The Morgan fingerprint density at radius 1 is 1.38 bits per heavy atom. The van der Waals surface area contributed by atoms with Crippen LogP contribution >= 0.6 is 0 Å². The van der Waals surface area contributed by atoms with E-state index in [-0.39, 0.29) is 11.9 Å². The lowest BCUT2D eigenvalue weighted by Crippen LogP contribution is -2.39. The van der Waals surface area contributed by atoms with Crippen molar-refractivity contribution in [2.45, 2.75) is 84.0 Å². The van der Waals surface area contributed by atoms with Gasteiger partial charge in [0.25, 0.3) is 0 Å². The zero-order valence-corrected chi connectivity index (χ0v) is 20.0. The van der Waals surface area contributed by atoms with Gasteiger partial charge < -0.3 is 24.1 Å². The Morgan fingerprint density at radius 3 is 2.72 bits per heavy atom. The Morgan fingerprint density at radius 2 is 2.12 bits per heavy atom. The molecule has 1 aliphatic heterocycles. The fraction of sp³-hybridized carbons (Fsp3) is 0.577. The van der Waals surface area contributed by atoms with Crippen LogP contribution < -0.4 is 0 Å². The SMILES string of the molecule is CO[C@@H](C=C[C@@H](C)CCC=C(C)C[C@@H]1OC(=O)C(C)=C1O)[C@@](C)(O)CCCc1ccoc1. The van der Waals surface area contributed by atoms with Gasteiger partial charge in [-0.15, -0.1) is 0 Å². The number of aryl methyl sites for hydroxylation is 1. The van der Waals surface area contributed by atoms with E-state index in [1.54, 1.807) is 26.6 Å². The van der Waals surface area contributed by atoms with Crippen LogP contribution in [0.4, 0.5) is 0 Å². The Hall–Kier alpha value is -2.31. The van der Waals surface area contributed by atoms with Gasteiger partial charge in [-0.2, -0.15) is 0 Å². The molecule has 0 aromatic carbocycles. The number of carbonyl (C=O) groups is 1. The van der Waals surface area contributed by atoms with E-state index in [4.69, 9.17) is 13.9 Å². The minimum absolute atomic E-state index is 0.0430. The van der Waals surface area contributed by atoms with Crippen molar-refractivity contribution < 1.29 is 28.9 Å². The molecule has 0 unspecified atom stereocenters. The number of ether oxygens (including phenoxy) is 2. The molecule has 0 saturated carbocycles. The van der Waals surface area contributed by atoms with Gasteiger partial charge in [0, 0.05) is 13.5 Å². The monoisotopic (exact) mass is 446 g/mol. The van der Waals surface area contributed by atoms with Crippen LogP contribution in [0.15, 0.2) is 58.1 Å². The van der Waals surface area contributed by atoms with Gasteiger partial charge >= 0.3 is 5.97 Å². The highest BCUT2D eigenvalue weighted by Gasteiger charge is 2.31. The van der Waals surface area contributed by atoms with Gasteiger partial charge in [-0.1, -0.05) is 30.7 Å². The van der Waals surface area contributed by atoms with E-state index >= 15 is 0 Å². The third-order valence-electron chi connectivity index (χ3n) is 6.08. The predicted molar refractivity (Wildman–Crippen MR) is 124 cm³/mol. The summed E-state index contributed by atoms with van der Waals surface area (Å²) in [5.74, 6) is -0.0797. The molecule has 32 heavy (non-hydrogen) atoms. The second-order valence-electron chi connectivity index (χ2n) is 9.10. The third-order valence-corrected chi connectivity index (χ3v) is 6.08. The van der Waals surface area contributed by atoms with E-state index in [1.807, 2.05) is 26.0 Å². The highest BCUT2D eigenvalue weighted by Crippen LogP contribution is 2.26. The van der Waals surface area contributed by atoms with Crippen LogP contribution in [0, 0.1) is 5.92 Å². The van der Waals surface area contributed by atoms with Crippen LogP contribution in [0.25, 0.3) is 0 Å². The number of rotatable bonds is 13. The first kappa shape index (κ1) is 25.9. The molecule has 1 aromatic rings. The van der Waals surface area contributed by atoms with Crippen molar-refractivity contribution in [3.8, 4) is 0 Å². The first-order valence-electron chi connectivity index (χ1n) is 11.3. The van der Waals surface area contributed by atoms with Gasteiger partial charge in [0.05, 0.1) is 23.7 Å². The molecule has 0 spiro atoms. The Bertz CT molecular complexity index is 815. The molecule has 0 fully saturated rings. The van der Waals surface area contributed by atoms with Gasteiger partial charge in [0.15, 0.2) is 6.10 Å². The summed E-state index contributed by atoms with van der Waals surface area (Å²) in [7, 11) is 1.62. The van der Waals surface area contributed by atoms with Gasteiger partial charge in [-0.05, 0) is 70.4 Å². The maximum absolute atomic E-state index is 11.5. The fourth-order valence-corrected chi connectivity index (χ4v) is 3.88. The molecular weight excluding hydrogens is 408 g/mol. The summed E-state index contributed by atoms with van der Waals surface area (Å²) >= 11 is 0. The number of aliphatic hydroxyl groups excluding tert-OH is 1. The van der Waals surface area contributed by atoms with Gasteiger partial charge in [0.2, 0.25) is 0 Å². The second kappa shape index (κ2) is 12.1. The quantitative estimate of drug-likeness (QED) is 0.310. The van der Waals surface area contributed by atoms with Crippen LogP contribution in [0.1, 0.15) is 65.4 Å². The molecule has 0 saturated heterocycles. The first-order chi connectivity index (χ1) is 15.1. The molecule has 2 heterocycles. The van der Waals surface area contributed by atoms with Crippen molar-refractivity contribution in [2.75, 3.05) is 7.11 Å². The van der Waals surface area contributed by atoms with Crippen molar-refractivity contribution in [1.82, 2.24) is 0 Å². The average Bonchev–Trinajstić information content (AvgIpc) is 3.33. The molecule has 0 aliphatic carbocycles. The maximum atomic E-state index is 11.5. The highest BCUT2D eigenvalue weighted by molar-refractivity contribution is 5.91. The van der Waals surface area contributed by atoms with Crippen LogP contribution in [0.5, 0.6) is 0 Å². The molecule has 4 atom stereocenters. The topological polar surface area (TPSA) is 89.1 Å². The lowest BCUT2D eigenvalue weighted by molar-refractivity contribution is -0.140. The molecule has 1 aliphatic rings. The number of allylic oxidation sites excluding steroid dienone is 2. The highest BCUT2D eigenvalue weighted by atomic mass is 16.6. The molecule has 2 rings (SSSR count). The van der Waals surface area contributed by atoms with E-state index in [9.17, 15) is 15.0 Å². The summed E-state index contributed by atoms with van der Waals surface area (Å²) < 4.78 is 15.8. The van der Waals surface area contributed by atoms with E-state index in [0.29, 0.717) is 24.3 Å². The summed E-state index contributed by atoms with van der Waals surface area (Å²) in [6, 6.07) is 1.95. The van der Waals surface area contributed by atoms with Crippen molar-refractivity contribution in [1.29, 1.82) is 0 Å². The van der Waals surface area contributed by atoms with Gasteiger partial charge in [-0.3, -0.25) is 0 Å². The van der Waals surface area contributed by atoms with Crippen LogP contribution in [-0.2, 0) is 20.7 Å². The van der Waals surface area contributed by atoms with Crippen molar-refractivity contribution in [3.63, 3.8) is 0 Å². The lowest BCUT2D eigenvalue weighted by atomic mass is 9.90. The van der Waals surface area contributed by atoms with Crippen LogP contribution in [-0.4, -0.2) is 41.1 Å². The van der Waals surface area contributed by atoms with E-state index in [0.717, 1.165) is 36.8 Å². The minimum Gasteiger partial charge on any atom is -0.508 e. The lowest BCUT2D eigenvalue weighted by Gasteiger charge is -2.30. The average molecular weight is 447 g/mol. The number of methoxy groups -OCH3 is 1. The molecule has 178 valence electrons. The minimum atomic E-state index is -0.947. The van der Waals surface area contributed by atoms with E-state index in [1.165, 1.54) is 0 Å². The fourth-order valence-electron chi connectivity index (χ4n) is 3.88. The third kappa shape index (κ3) is 7.68. The number of aliphatic hydroxyl groups is 2. The smallest absolute Gasteiger partial charge is 0.338 e. The number of hydrogen-bond acceptors (Lipinski definition) is 6. The summed E-state index contributed by atoms with van der Waals surface area (Å²) in [5.41, 5.74) is 1.56. The second-order valence-corrected chi connectivity index (χ2v) is 9.10. The summed E-state index contributed by atoms with van der Waals surface area (Å²) in [5, 5.41) is 20.9. The van der Waals surface area contributed by atoms with Crippen molar-refractivity contribution >= 4 is 5.97 Å². The molecule has 2 N–H and O–H groups in total. The summed E-state index contributed by atoms with van der Waals surface area (Å²) in [6.45, 7) is 7.52. The first-order valence-corrected chi connectivity index (χ1v) is 11.3. The largest absolute Gasteiger partial charge is 0.508 e. The molecule has 1 aromatic heterocycles. The maximum Gasteiger partial charge on any atom is 0.338 e. The number of hydrogen-bond donors (Lipinski definition) is 2. The summed E-state index contributed by atoms with van der Waals surface area (Å²) in [6.07, 6.45) is 13.3. The number of furan rings is 1. The molecule has 0 radical (unpaired) electrons. The van der Waals surface area contributed by atoms with Gasteiger partial charge in [0.1, 0.15) is 11.9 Å². The predicted octanol–water partition coefficient (Wildman–Crippen LogP) is 5.43.